The van der Waals surface area contributed by atoms with E-state index in [1.807, 2.05) is 0 Å². The number of hydrogen-bond donors (Lipinski definition) is 1. The molecule has 0 radical (unpaired) electrons. The molecule has 0 aliphatic carbocycles. The molecule has 7 nitrogen and oxygen atoms in total. The standard InChI is InChI=1S/C13H6Cl2F3N3O4/c14-7-2-1-3-8(11(7)15)19-12-9(20(22)23)4-6(13(16,17)18)5-10(12)21(24)25/h1-5,19H. The van der Waals surface area contributed by atoms with Crippen LogP contribution >= 0.6 is 23.2 Å². The first kappa shape index (κ1) is 18.7. The Kier molecular flexibility index (Phi) is 5.04. The smallest absolute Gasteiger partial charge is 0.343 e. The van der Waals surface area contributed by atoms with Gasteiger partial charge >= 0.3 is 6.18 Å². The van der Waals surface area contributed by atoms with Crippen molar-refractivity contribution in [2.75, 3.05) is 5.32 Å². The highest BCUT2D eigenvalue weighted by atomic mass is 35.5. The second-order valence-electron chi connectivity index (χ2n) is 4.63. The topological polar surface area (TPSA) is 98.3 Å². The number of benzene rings is 2. The third-order valence-electron chi connectivity index (χ3n) is 3.03. The van der Waals surface area contributed by atoms with Gasteiger partial charge in [0.1, 0.15) is 0 Å². The molecule has 1 N–H and O–H groups in total. The van der Waals surface area contributed by atoms with Gasteiger partial charge in [0, 0.05) is 12.1 Å². The third kappa shape index (κ3) is 3.91. The average Bonchev–Trinajstić information content (AvgIpc) is 2.50. The Morgan fingerprint density at radius 2 is 1.52 bits per heavy atom. The molecule has 0 amide bonds. The van der Waals surface area contributed by atoms with E-state index in [0.717, 1.165) is 0 Å². The number of nitro benzene ring substituents is 2. The Hall–Kier alpha value is -2.59. The molecule has 0 spiro atoms. The van der Waals surface area contributed by atoms with E-state index < -0.39 is 38.6 Å². The number of alkyl halides is 3. The molecule has 2 rings (SSSR count). The van der Waals surface area contributed by atoms with Crippen molar-refractivity contribution in [1.82, 2.24) is 0 Å². The quantitative estimate of drug-likeness (QED) is 0.538. The van der Waals surface area contributed by atoms with Gasteiger partial charge in [-0.3, -0.25) is 20.2 Å². The second kappa shape index (κ2) is 6.73. The molecular weight excluding hydrogens is 390 g/mol. The maximum absolute atomic E-state index is 12.8. The zero-order chi connectivity index (χ0) is 18.9. The summed E-state index contributed by atoms with van der Waals surface area (Å²) in [6.07, 6.45) is -5.00. The molecule has 0 aliphatic heterocycles. The van der Waals surface area contributed by atoms with Crippen molar-refractivity contribution in [3.05, 3.63) is 66.2 Å². The van der Waals surface area contributed by atoms with Crippen LogP contribution in [0.3, 0.4) is 0 Å². The van der Waals surface area contributed by atoms with E-state index in [1.54, 1.807) is 0 Å². The number of nitro groups is 2. The van der Waals surface area contributed by atoms with Crippen molar-refractivity contribution in [1.29, 1.82) is 0 Å². The lowest BCUT2D eigenvalue weighted by Gasteiger charge is -2.12. The molecule has 0 unspecified atom stereocenters. The molecule has 0 saturated carbocycles. The van der Waals surface area contributed by atoms with Crippen LogP contribution in [-0.4, -0.2) is 9.85 Å². The molecule has 2 aromatic rings. The van der Waals surface area contributed by atoms with Gasteiger partial charge < -0.3 is 5.32 Å². The summed E-state index contributed by atoms with van der Waals surface area (Å²) in [5.74, 6) is 0. The van der Waals surface area contributed by atoms with E-state index in [4.69, 9.17) is 23.2 Å². The summed E-state index contributed by atoms with van der Waals surface area (Å²) in [7, 11) is 0. The highest BCUT2D eigenvalue weighted by Crippen LogP contribution is 2.43. The number of nitrogens with one attached hydrogen (secondary N) is 1. The summed E-state index contributed by atoms with van der Waals surface area (Å²) in [6.45, 7) is 0. The zero-order valence-electron chi connectivity index (χ0n) is 11.8. The van der Waals surface area contributed by atoms with Gasteiger partial charge in [0.2, 0.25) is 0 Å². The predicted molar refractivity (Wildman–Crippen MR) is 84.5 cm³/mol. The first-order valence-electron chi connectivity index (χ1n) is 6.27. The maximum Gasteiger partial charge on any atom is 0.416 e. The molecular formula is C13H6Cl2F3N3O4. The number of rotatable bonds is 4. The van der Waals surface area contributed by atoms with Crippen molar-refractivity contribution in [3.63, 3.8) is 0 Å². The molecule has 12 heteroatoms. The van der Waals surface area contributed by atoms with Crippen LogP contribution in [0.15, 0.2) is 30.3 Å². The van der Waals surface area contributed by atoms with Gasteiger partial charge in [-0.25, -0.2) is 0 Å². The molecule has 25 heavy (non-hydrogen) atoms. The van der Waals surface area contributed by atoms with E-state index in [-0.39, 0.29) is 27.9 Å². The van der Waals surface area contributed by atoms with Crippen LogP contribution in [0.4, 0.5) is 35.9 Å². The summed E-state index contributed by atoms with van der Waals surface area (Å²) < 4.78 is 38.5. The lowest BCUT2D eigenvalue weighted by Crippen LogP contribution is -2.09. The first-order valence-corrected chi connectivity index (χ1v) is 7.03. The van der Waals surface area contributed by atoms with Crippen LogP contribution in [0.25, 0.3) is 0 Å². The van der Waals surface area contributed by atoms with E-state index in [2.05, 4.69) is 5.32 Å². The van der Waals surface area contributed by atoms with Crippen LogP contribution in [-0.2, 0) is 6.18 Å². The molecule has 0 atom stereocenters. The summed E-state index contributed by atoms with van der Waals surface area (Å²) in [6, 6.07) is 4.50. The van der Waals surface area contributed by atoms with Gasteiger partial charge in [-0.2, -0.15) is 13.2 Å². The normalized spacial score (nSPS) is 11.2. The van der Waals surface area contributed by atoms with Gasteiger partial charge in [-0.1, -0.05) is 29.3 Å². The Morgan fingerprint density at radius 1 is 1.00 bits per heavy atom. The van der Waals surface area contributed by atoms with Crippen LogP contribution < -0.4 is 5.32 Å². The Labute approximate surface area is 147 Å². The summed E-state index contributed by atoms with van der Waals surface area (Å²) >= 11 is 11.7. The van der Waals surface area contributed by atoms with E-state index in [9.17, 15) is 33.4 Å². The van der Waals surface area contributed by atoms with Crippen molar-refractivity contribution in [2.24, 2.45) is 0 Å². The molecule has 0 heterocycles. The summed E-state index contributed by atoms with van der Waals surface area (Å²) in [5, 5.41) is 24.5. The van der Waals surface area contributed by atoms with E-state index in [0.29, 0.717) is 0 Å². The molecule has 0 saturated heterocycles. The van der Waals surface area contributed by atoms with Gasteiger partial charge in [0.15, 0.2) is 5.69 Å². The third-order valence-corrected chi connectivity index (χ3v) is 3.85. The number of anilines is 2. The molecule has 0 aromatic heterocycles. The van der Waals surface area contributed by atoms with Crippen LogP contribution in [0.1, 0.15) is 5.56 Å². The minimum absolute atomic E-state index is 0.0416. The molecule has 132 valence electrons. The monoisotopic (exact) mass is 395 g/mol. The molecule has 2 aromatic carbocycles. The Bertz CT molecular complexity index is 839. The number of nitrogens with zero attached hydrogens (tertiary/aromatic N) is 2. The van der Waals surface area contributed by atoms with Gasteiger partial charge in [0.25, 0.3) is 11.4 Å². The fourth-order valence-corrected chi connectivity index (χ4v) is 2.27. The second-order valence-corrected chi connectivity index (χ2v) is 5.41. The van der Waals surface area contributed by atoms with Crippen molar-refractivity contribution >= 4 is 46.0 Å². The SMILES string of the molecule is O=[N+]([O-])c1cc(C(F)(F)F)cc([N+](=O)[O-])c1Nc1cccc(Cl)c1Cl. The van der Waals surface area contributed by atoms with Crippen LogP contribution in [0.2, 0.25) is 10.0 Å². The van der Waals surface area contributed by atoms with Gasteiger partial charge in [-0.05, 0) is 12.1 Å². The maximum atomic E-state index is 12.8. The highest BCUT2D eigenvalue weighted by molar-refractivity contribution is 6.43. The van der Waals surface area contributed by atoms with Crippen LogP contribution in [0.5, 0.6) is 0 Å². The Morgan fingerprint density at radius 3 is 1.96 bits per heavy atom. The van der Waals surface area contributed by atoms with Crippen molar-refractivity contribution in [3.8, 4) is 0 Å². The lowest BCUT2D eigenvalue weighted by molar-refractivity contribution is -0.392. The van der Waals surface area contributed by atoms with Gasteiger partial charge in [0.05, 0.1) is 31.1 Å². The minimum Gasteiger partial charge on any atom is -0.343 e. The molecule has 0 fully saturated rings. The van der Waals surface area contributed by atoms with Crippen molar-refractivity contribution < 1.29 is 23.0 Å². The largest absolute Gasteiger partial charge is 0.416 e. The van der Waals surface area contributed by atoms with Crippen LogP contribution in [0, 0.1) is 20.2 Å². The van der Waals surface area contributed by atoms with Gasteiger partial charge in [-0.15, -0.1) is 0 Å². The lowest BCUT2D eigenvalue weighted by atomic mass is 10.1. The highest BCUT2D eigenvalue weighted by Gasteiger charge is 2.37. The molecule has 0 bridgehead atoms. The summed E-state index contributed by atoms with van der Waals surface area (Å²) in [4.78, 5) is 19.9. The van der Waals surface area contributed by atoms with E-state index >= 15 is 0 Å². The summed E-state index contributed by atoms with van der Waals surface area (Å²) in [5.41, 5.74) is -4.56. The molecule has 0 aliphatic rings. The zero-order valence-corrected chi connectivity index (χ0v) is 13.3. The first-order chi connectivity index (χ1) is 11.5. The minimum atomic E-state index is -5.00. The van der Waals surface area contributed by atoms with Crippen molar-refractivity contribution in [2.45, 2.75) is 6.18 Å². The fourth-order valence-electron chi connectivity index (χ4n) is 1.93. The number of hydrogen-bond acceptors (Lipinski definition) is 5. The number of halogens is 5. The predicted octanol–water partition coefficient (Wildman–Crippen LogP) is 5.57. The fraction of sp³-hybridized carbons (Fsp3) is 0.0769. The average molecular weight is 396 g/mol. The Balaban J connectivity index is 2.72. The van der Waals surface area contributed by atoms with E-state index in [1.165, 1.54) is 18.2 Å².